The second kappa shape index (κ2) is 11.2. The van der Waals surface area contributed by atoms with E-state index in [1.165, 1.54) is 51.4 Å². The lowest BCUT2D eigenvalue weighted by molar-refractivity contribution is -0.157. The van der Waals surface area contributed by atoms with Crippen LogP contribution in [0.5, 0.6) is 0 Å². The van der Waals surface area contributed by atoms with Crippen molar-refractivity contribution in [1.29, 1.82) is 0 Å². The third-order valence-electron chi connectivity index (χ3n) is 7.68. The van der Waals surface area contributed by atoms with Gasteiger partial charge in [-0.15, -0.1) is 6.58 Å². The summed E-state index contributed by atoms with van der Waals surface area (Å²) in [4.78, 5) is 12.6. The maximum absolute atomic E-state index is 12.6. The summed E-state index contributed by atoms with van der Waals surface area (Å²) in [5.74, 6) is 3.30. The van der Waals surface area contributed by atoms with Crippen LogP contribution in [-0.4, -0.2) is 12.1 Å². The first kappa shape index (κ1) is 21.7. The van der Waals surface area contributed by atoms with Gasteiger partial charge >= 0.3 is 5.97 Å². The highest BCUT2D eigenvalue weighted by atomic mass is 16.5. The molecule has 0 spiro atoms. The van der Waals surface area contributed by atoms with Crippen LogP contribution in [0.25, 0.3) is 0 Å². The smallest absolute Gasteiger partial charge is 0.309 e. The zero-order valence-electron chi connectivity index (χ0n) is 18.1. The first-order valence-corrected chi connectivity index (χ1v) is 12.2. The highest BCUT2D eigenvalue weighted by molar-refractivity contribution is 5.72. The molecule has 0 saturated heterocycles. The van der Waals surface area contributed by atoms with Crippen molar-refractivity contribution in [2.24, 2.45) is 29.6 Å². The van der Waals surface area contributed by atoms with Crippen molar-refractivity contribution in [3.63, 3.8) is 0 Å². The summed E-state index contributed by atoms with van der Waals surface area (Å²) in [7, 11) is 0. The fraction of sp³-hybridized carbons (Fsp3) is 0.808. The second-order valence-electron chi connectivity index (χ2n) is 9.78. The minimum absolute atomic E-state index is 0.101. The van der Waals surface area contributed by atoms with Gasteiger partial charge < -0.3 is 4.74 Å². The van der Waals surface area contributed by atoms with Crippen LogP contribution in [0.2, 0.25) is 0 Å². The normalized spacial score (nSPS) is 36.9. The van der Waals surface area contributed by atoms with E-state index < -0.39 is 0 Å². The molecule has 0 atom stereocenters. The fourth-order valence-electron chi connectivity index (χ4n) is 5.64. The van der Waals surface area contributed by atoms with Crippen LogP contribution >= 0.6 is 0 Å². The van der Waals surface area contributed by atoms with Crippen molar-refractivity contribution in [1.82, 2.24) is 0 Å². The van der Waals surface area contributed by atoms with Crippen LogP contribution in [-0.2, 0) is 9.53 Å². The molecule has 3 rings (SSSR count). The fourth-order valence-corrected chi connectivity index (χ4v) is 5.64. The molecule has 0 bridgehead atoms. The standard InChI is InChI=1S/C26H42O2/c1-3-5-21-14-18-25(19-15-21)28-26(27)24-16-12-23(13-17-24)11-10-22-8-6-20(4-2)7-9-22/h4,10-11,20-25H,2-3,5-9,12-19H2,1H3/b11-10+. The van der Waals surface area contributed by atoms with Crippen molar-refractivity contribution in [2.75, 3.05) is 0 Å². The topological polar surface area (TPSA) is 26.3 Å². The molecule has 3 saturated carbocycles. The Balaban J connectivity index is 1.33. The molecule has 0 heterocycles. The van der Waals surface area contributed by atoms with Crippen LogP contribution < -0.4 is 0 Å². The molecule has 2 nitrogen and oxygen atoms in total. The van der Waals surface area contributed by atoms with Gasteiger partial charge in [-0.25, -0.2) is 0 Å². The third-order valence-corrected chi connectivity index (χ3v) is 7.68. The van der Waals surface area contributed by atoms with E-state index >= 15 is 0 Å². The number of ether oxygens (including phenoxy) is 1. The van der Waals surface area contributed by atoms with Gasteiger partial charge in [-0.2, -0.15) is 0 Å². The minimum atomic E-state index is 0.101. The number of hydrogen-bond acceptors (Lipinski definition) is 2. The molecule has 0 aromatic heterocycles. The molecular weight excluding hydrogens is 344 g/mol. The monoisotopic (exact) mass is 386 g/mol. The Morgan fingerprint density at radius 3 is 1.89 bits per heavy atom. The molecule has 0 aliphatic heterocycles. The lowest BCUT2D eigenvalue weighted by atomic mass is 9.79. The molecule has 3 aliphatic carbocycles. The predicted octanol–water partition coefficient (Wildman–Crippen LogP) is 7.24. The summed E-state index contributed by atoms with van der Waals surface area (Å²) < 4.78 is 5.90. The first-order chi connectivity index (χ1) is 13.7. The minimum Gasteiger partial charge on any atom is -0.462 e. The van der Waals surface area contributed by atoms with Gasteiger partial charge in [-0.1, -0.05) is 38.0 Å². The van der Waals surface area contributed by atoms with Gasteiger partial charge in [0.25, 0.3) is 0 Å². The van der Waals surface area contributed by atoms with E-state index in [0.717, 1.165) is 56.3 Å². The van der Waals surface area contributed by atoms with Gasteiger partial charge in [-0.05, 0) is 101 Å². The van der Waals surface area contributed by atoms with Gasteiger partial charge in [-0.3, -0.25) is 4.79 Å². The summed E-state index contributed by atoms with van der Waals surface area (Å²) in [5, 5.41) is 0. The zero-order valence-corrected chi connectivity index (χ0v) is 18.1. The Morgan fingerprint density at radius 1 is 0.821 bits per heavy atom. The van der Waals surface area contributed by atoms with Crippen molar-refractivity contribution >= 4 is 5.97 Å². The summed E-state index contributed by atoms with van der Waals surface area (Å²) in [6, 6.07) is 0. The van der Waals surface area contributed by atoms with Crippen molar-refractivity contribution in [3.05, 3.63) is 24.8 Å². The lowest BCUT2D eigenvalue weighted by Gasteiger charge is -2.31. The summed E-state index contributed by atoms with van der Waals surface area (Å²) in [5.41, 5.74) is 0. The van der Waals surface area contributed by atoms with Crippen LogP contribution in [0.4, 0.5) is 0 Å². The van der Waals surface area contributed by atoms with Gasteiger partial charge in [0, 0.05) is 0 Å². The highest BCUT2D eigenvalue weighted by Crippen LogP contribution is 2.35. The number of carbonyl (C=O) groups is 1. The van der Waals surface area contributed by atoms with E-state index in [0.29, 0.717) is 5.92 Å². The molecule has 0 radical (unpaired) electrons. The van der Waals surface area contributed by atoms with Gasteiger partial charge in [0.1, 0.15) is 6.10 Å². The number of allylic oxidation sites excluding steroid dienone is 3. The van der Waals surface area contributed by atoms with Crippen LogP contribution in [0.15, 0.2) is 24.8 Å². The van der Waals surface area contributed by atoms with Crippen molar-refractivity contribution in [3.8, 4) is 0 Å². The number of esters is 1. The Kier molecular flexibility index (Phi) is 8.67. The number of hydrogen-bond donors (Lipinski definition) is 0. The summed E-state index contributed by atoms with van der Waals surface area (Å²) in [6.07, 6.45) is 24.2. The molecule has 2 heteroatoms. The lowest BCUT2D eigenvalue weighted by Crippen LogP contribution is -2.30. The van der Waals surface area contributed by atoms with Crippen LogP contribution in [0.1, 0.15) is 96.8 Å². The number of rotatable bonds is 7. The molecule has 3 aliphatic rings. The van der Waals surface area contributed by atoms with E-state index in [9.17, 15) is 4.79 Å². The Labute approximate surface area is 173 Å². The van der Waals surface area contributed by atoms with E-state index in [4.69, 9.17) is 4.74 Å². The third kappa shape index (κ3) is 6.49. The molecule has 0 N–H and O–H groups in total. The van der Waals surface area contributed by atoms with E-state index in [1.807, 2.05) is 0 Å². The first-order valence-electron chi connectivity index (χ1n) is 12.2. The average Bonchev–Trinajstić information content (AvgIpc) is 2.74. The molecule has 0 aromatic carbocycles. The van der Waals surface area contributed by atoms with Gasteiger partial charge in [0.05, 0.1) is 5.92 Å². The van der Waals surface area contributed by atoms with Gasteiger partial charge in [0.15, 0.2) is 0 Å². The zero-order chi connectivity index (χ0) is 19.8. The maximum Gasteiger partial charge on any atom is 0.309 e. The predicted molar refractivity (Wildman–Crippen MR) is 117 cm³/mol. The molecule has 3 fully saturated rings. The number of carbonyl (C=O) groups excluding carboxylic acids is 1. The van der Waals surface area contributed by atoms with E-state index in [1.54, 1.807) is 0 Å². The Morgan fingerprint density at radius 2 is 1.36 bits per heavy atom. The quantitative estimate of drug-likeness (QED) is 0.340. The molecule has 0 amide bonds. The van der Waals surface area contributed by atoms with Gasteiger partial charge in [0.2, 0.25) is 0 Å². The van der Waals surface area contributed by atoms with Crippen molar-refractivity contribution in [2.45, 2.75) is 103 Å². The Bertz CT molecular complexity index is 499. The summed E-state index contributed by atoms with van der Waals surface area (Å²) in [6.45, 7) is 6.21. The molecule has 0 unspecified atom stereocenters. The van der Waals surface area contributed by atoms with E-state index in [2.05, 4.69) is 31.7 Å². The van der Waals surface area contributed by atoms with E-state index in [-0.39, 0.29) is 18.0 Å². The molecule has 28 heavy (non-hydrogen) atoms. The molecule has 158 valence electrons. The second-order valence-corrected chi connectivity index (χ2v) is 9.78. The molecule has 0 aromatic rings. The molecular formula is C26H42O2. The van der Waals surface area contributed by atoms with Crippen molar-refractivity contribution < 1.29 is 9.53 Å². The maximum atomic E-state index is 12.6. The SMILES string of the molecule is C=CC1CCC(/C=C/C2CCC(C(=O)OC3CCC(CCC)CC3)CC2)CC1. The van der Waals surface area contributed by atoms with Crippen LogP contribution in [0, 0.1) is 29.6 Å². The summed E-state index contributed by atoms with van der Waals surface area (Å²) >= 11 is 0. The average molecular weight is 387 g/mol. The Hall–Kier alpha value is -1.05. The highest BCUT2D eigenvalue weighted by Gasteiger charge is 2.30. The van der Waals surface area contributed by atoms with Crippen LogP contribution in [0.3, 0.4) is 0 Å². The largest absolute Gasteiger partial charge is 0.462 e.